The van der Waals surface area contributed by atoms with E-state index in [0.717, 1.165) is 5.69 Å². The molecule has 1 aromatic carbocycles. The van der Waals surface area contributed by atoms with Gasteiger partial charge in [-0.25, -0.2) is 4.79 Å². The number of carbonyl (C=O) groups excluding carboxylic acids is 1. The van der Waals surface area contributed by atoms with Gasteiger partial charge in [0, 0.05) is 30.2 Å². The van der Waals surface area contributed by atoms with Crippen molar-refractivity contribution < 1.29 is 9.53 Å². The molecule has 0 radical (unpaired) electrons. The van der Waals surface area contributed by atoms with Gasteiger partial charge >= 0.3 is 5.97 Å². The smallest absolute Gasteiger partial charge is 0.338 e. The van der Waals surface area contributed by atoms with Crippen LogP contribution in [0.4, 0.5) is 0 Å². The quantitative estimate of drug-likeness (QED) is 0.775. The molecule has 0 unspecified atom stereocenters. The maximum Gasteiger partial charge on any atom is 0.338 e. The molecule has 0 amide bonds. The van der Waals surface area contributed by atoms with Crippen molar-refractivity contribution in [1.29, 1.82) is 0 Å². The summed E-state index contributed by atoms with van der Waals surface area (Å²) in [5, 5.41) is 0. The van der Waals surface area contributed by atoms with Crippen molar-refractivity contribution in [3.05, 3.63) is 64.6 Å². The maximum atomic E-state index is 11.5. The predicted molar refractivity (Wildman–Crippen MR) is 68.0 cm³/mol. The van der Waals surface area contributed by atoms with Gasteiger partial charge in [-0.15, -0.1) is 0 Å². The van der Waals surface area contributed by atoms with Crippen molar-refractivity contribution in [1.82, 2.24) is 4.57 Å². The third kappa shape index (κ3) is 2.66. The summed E-state index contributed by atoms with van der Waals surface area (Å²) in [5.74, 6) is -0.330. The first-order valence-corrected chi connectivity index (χ1v) is 5.66. The van der Waals surface area contributed by atoms with Crippen molar-refractivity contribution in [3.63, 3.8) is 0 Å². The summed E-state index contributed by atoms with van der Waals surface area (Å²) >= 11 is 0. The molecule has 1 aromatic heterocycles. The number of esters is 1. The van der Waals surface area contributed by atoms with Crippen LogP contribution < -0.4 is 5.43 Å². The van der Waals surface area contributed by atoms with Gasteiger partial charge in [0.05, 0.1) is 12.2 Å². The van der Waals surface area contributed by atoms with Gasteiger partial charge < -0.3 is 9.30 Å². The Morgan fingerprint density at radius 1 is 1.11 bits per heavy atom. The molecule has 0 N–H and O–H groups in total. The molecule has 4 heteroatoms. The van der Waals surface area contributed by atoms with Gasteiger partial charge in [0.2, 0.25) is 0 Å². The molecule has 1 heterocycles. The monoisotopic (exact) mass is 243 g/mol. The third-order valence-electron chi connectivity index (χ3n) is 2.48. The first-order valence-electron chi connectivity index (χ1n) is 5.66. The van der Waals surface area contributed by atoms with Crippen LogP contribution in [-0.2, 0) is 4.74 Å². The van der Waals surface area contributed by atoms with E-state index in [0.29, 0.717) is 12.2 Å². The summed E-state index contributed by atoms with van der Waals surface area (Å²) < 4.78 is 6.70. The number of pyridine rings is 1. The SMILES string of the molecule is CCOC(=O)c1ccc(-n2ccc(=O)cc2)cc1. The van der Waals surface area contributed by atoms with Crippen LogP contribution in [0.5, 0.6) is 0 Å². The molecule has 0 aliphatic heterocycles. The molecule has 0 saturated heterocycles. The average molecular weight is 243 g/mol. The van der Waals surface area contributed by atoms with Crippen molar-refractivity contribution in [3.8, 4) is 5.69 Å². The summed E-state index contributed by atoms with van der Waals surface area (Å²) in [6.07, 6.45) is 3.36. The largest absolute Gasteiger partial charge is 0.462 e. The lowest BCUT2D eigenvalue weighted by Crippen LogP contribution is -2.05. The molecule has 18 heavy (non-hydrogen) atoms. The van der Waals surface area contributed by atoms with E-state index in [1.807, 2.05) is 0 Å². The number of nitrogens with zero attached hydrogens (tertiary/aromatic N) is 1. The Bertz CT molecular complexity index is 579. The summed E-state index contributed by atoms with van der Waals surface area (Å²) in [6.45, 7) is 2.13. The van der Waals surface area contributed by atoms with Gasteiger partial charge in [-0.2, -0.15) is 0 Å². The second kappa shape index (κ2) is 5.31. The highest BCUT2D eigenvalue weighted by Crippen LogP contribution is 2.09. The minimum absolute atomic E-state index is 0.0330. The summed E-state index contributed by atoms with van der Waals surface area (Å²) in [7, 11) is 0. The van der Waals surface area contributed by atoms with Crippen LogP contribution in [0, 0.1) is 0 Å². The summed E-state index contributed by atoms with van der Waals surface area (Å²) in [4.78, 5) is 22.5. The second-order valence-corrected chi connectivity index (χ2v) is 3.71. The zero-order valence-electron chi connectivity index (χ0n) is 10.00. The first-order chi connectivity index (χ1) is 8.70. The molecular formula is C14H13NO3. The molecule has 0 spiro atoms. The van der Waals surface area contributed by atoms with Crippen LogP contribution in [0.2, 0.25) is 0 Å². The molecule has 0 aliphatic rings. The molecule has 92 valence electrons. The van der Waals surface area contributed by atoms with Gasteiger partial charge in [0.25, 0.3) is 0 Å². The fraction of sp³-hybridized carbons (Fsp3) is 0.143. The highest BCUT2D eigenvalue weighted by Gasteiger charge is 2.05. The maximum absolute atomic E-state index is 11.5. The van der Waals surface area contributed by atoms with Gasteiger partial charge in [-0.1, -0.05) is 0 Å². The third-order valence-corrected chi connectivity index (χ3v) is 2.48. The van der Waals surface area contributed by atoms with Crippen LogP contribution in [0.25, 0.3) is 5.69 Å². The lowest BCUT2D eigenvalue weighted by molar-refractivity contribution is 0.0526. The van der Waals surface area contributed by atoms with E-state index >= 15 is 0 Å². The molecule has 0 aliphatic carbocycles. The van der Waals surface area contributed by atoms with Crippen molar-refractivity contribution >= 4 is 5.97 Å². The zero-order chi connectivity index (χ0) is 13.0. The minimum atomic E-state index is -0.330. The molecule has 0 fully saturated rings. The fourth-order valence-electron chi connectivity index (χ4n) is 1.57. The number of rotatable bonds is 3. The van der Waals surface area contributed by atoms with Gasteiger partial charge in [0.1, 0.15) is 0 Å². The normalized spacial score (nSPS) is 10.1. The number of ether oxygens (including phenoxy) is 1. The van der Waals surface area contributed by atoms with Crippen LogP contribution in [-0.4, -0.2) is 17.1 Å². The van der Waals surface area contributed by atoms with Gasteiger partial charge in [-0.3, -0.25) is 4.79 Å². The Morgan fingerprint density at radius 3 is 2.28 bits per heavy atom. The highest BCUT2D eigenvalue weighted by molar-refractivity contribution is 5.89. The second-order valence-electron chi connectivity index (χ2n) is 3.71. The van der Waals surface area contributed by atoms with E-state index in [9.17, 15) is 9.59 Å². The highest BCUT2D eigenvalue weighted by atomic mass is 16.5. The molecule has 0 saturated carbocycles. The van der Waals surface area contributed by atoms with Gasteiger partial charge in [0.15, 0.2) is 5.43 Å². The first kappa shape index (κ1) is 12.1. The fourth-order valence-corrected chi connectivity index (χ4v) is 1.57. The van der Waals surface area contributed by atoms with E-state index in [2.05, 4.69) is 0 Å². The Hall–Kier alpha value is -2.36. The molecule has 0 atom stereocenters. The Kier molecular flexibility index (Phi) is 3.57. The topological polar surface area (TPSA) is 48.3 Å². The van der Waals surface area contributed by atoms with E-state index in [1.165, 1.54) is 12.1 Å². The Morgan fingerprint density at radius 2 is 1.72 bits per heavy atom. The van der Waals surface area contributed by atoms with Crippen molar-refractivity contribution in [2.24, 2.45) is 0 Å². The van der Waals surface area contributed by atoms with Crippen LogP contribution in [0.3, 0.4) is 0 Å². The Balaban J connectivity index is 2.24. The molecule has 4 nitrogen and oxygen atoms in total. The molecular weight excluding hydrogens is 230 g/mol. The standard InChI is InChI=1S/C14H13NO3/c1-2-18-14(17)11-3-5-12(6-4-11)15-9-7-13(16)8-10-15/h3-10H,2H2,1H3. The van der Waals surface area contributed by atoms with Crippen molar-refractivity contribution in [2.45, 2.75) is 6.92 Å². The van der Waals surface area contributed by atoms with Crippen LogP contribution in [0.15, 0.2) is 53.6 Å². The average Bonchev–Trinajstić information content (AvgIpc) is 2.40. The molecule has 2 aromatic rings. The van der Waals surface area contributed by atoms with E-state index in [-0.39, 0.29) is 11.4 Å². The molecule has 0 bridgehead atoms. The number of benzene rings is 1. The molecule has 2 rings (SSSR count). The number of hydrogen-bond acceptors (Lipinski definition) is 3. The van der Waals surface area contributed by atoms with Crippen molar-refractivity contribution in [2.75, 3.05) is 6.61 Å². The number of carbonyl (C=O) groups is 1. The van der Waals surface area contributed by atoms with E-state index < -0.39 is 0 Å². The lowest BCUT2D eigenvalue weighted by atomic mass is 10.2. The summed E-state index contributed by atoms with van der Waals surface area (Å²) in [6, 6.07) is 9.98. The predicted octanol–water partition coefficient (Wildman–Crippen LogP) is 2.01. The van der Waals surface area contributed by atoms with Gasteiger partial charge in [-0.05, 0) is 31.2 Å². The van der Waals surface area contributed by atoms with Crippen LogP contribution >= 0.6 is 0 Å². The number of hydrogen-bond donors (Lipinski definition) is 0. The van der Waals surface area contributed by atoms with Crippen LogP contribution in [0.1, 0.15) is 17.3 Å². The minimum Gasteiger partial charge on any atom is -0.462 e. The lowest BCUT2D eigenvalue weighted by Gasteiger charge is -2.06. The summed E-state index contributed by atoms with van der Waals surface area (Å²) in [5.41, 5.74) is 1.36. The Labute approximate surface area is 104 Å². The number of aromatic nitrogens is 1. The van der Waals surface area contributed by atoms with E-state index in [4.69, 9.17) is 4.74 Å². The zero-order valence-corrected chi connectivity index (χ0v) is 10.00. The van der Waals surface area contributed by atoms with E-state index in [1.54, 1.807) is 48.1 Å².